The molecule has 0 radical (unpaired) electrons. The van der Waals surface area contributed by atoms with Crippen LogP contribution in [0.1, 0.15) is 90.4 Å². The fraction of sp³-hybridized carbons (Fsp3) is 1.00. The van der Waals surface area contributed by atoms with E-state index in [1.54, 1.807) is 0 Å². The highest BCUT2D eigenvalue weighted by atomic mass is 16.3. The van der Waals surface area contributed by atoms with Crippen LogP contribution in [0.15, 0.2) is 0 Å². The van der Waals surface area contributed by atoms with Gasteiger partial charge in [0.15, 0.2) is 0 Å². The molecule has 3 heteroatoms. The predicted molar refractivity (Wildman–Crippen MR) is 93.6 cm³/mol. The summed E-state index contributed by atoms with van der Waals surface area (Å²) in [6, 6.07) is 0. The molecule has 0 spiro atoms. The van der Waals surface area contributed by atoms with E-state index in [4.69, 9.17) is 5.73 Å². The molecular weight excluding hydrogens is 260 g/mol. The van der Waals surface area contributed by atoms with E-state index in [2.05, 4.69) is 12.2 Å². The molecule has 21 heavy (non-hydrogen) atoms. The van der Waals surface area contributed by atoms with Gasteiger partial charge in [-0.15, -0.1) is 0 Å². The zero-order valence-electron chi connectivity index (χ0n) is 14.4. The molecule has 0 aliphatic rings. The van der Waals surface area contributed by atoms with Crippen molar-refractivity contribution >= 4 is 0 Å². The van der Waals surface area contributed by atoms with Gasteiger partial charge in [-0.2, -0.15) is 0 Å². The summed E-state index contributed by atoms with van der Waals surface area (Å²) in [6.07, 6.45) is 16.3. The summed E-state index contributed by atoms with van der Waals surface area (Å²) in [7, 11) is 0. The Balaban J connectivity index is 3.11. The summed E-state index contributed by atoms with van der Waals surface area (Å²) >= 11 is 0. The lowest BCUT2D eigenvalue weighted by atomic mass is 10.1. The van der Waals surface area contributed by atoms with Crippen molar-refractivity contribution in [1.29, 1.82) is 0 Å². The maximum Gasteiger partial charge on any atom is 0.0664 e. The van der Waals surface area contributed by atoms with E-state index < -0.39 is 0 Å². The van der Waals surface area contributed by atoms with E-state index in [9.17, 15) is 5.11 Å². The van der Waals surface area contributed by atoms with Gasteiger partial charge in [-0.25, -0.2) is 0 Å². The van der Waals surface area contributed by atoms with E-state index in [-0.39, 0.29) is 6.10 Å². The first-order valence-corrected chi connectivity index (χ1v) is 9.40. The second-order valence-electron chi connectivity index (χ2n) is 6.32. The van der Waals surface area contributed by atoms with Gasteiger partial charge in [0.05, 0.1) is 6.10 Å². The van der Waals surface area contributed by atoms with E-state index in [1.807, 2.05) is 0 Å². The van der Waals surface area contributed by atoms with Crippen LogP contribution in [0.3, 0.4) is 0 Å². The van der Waals surface area contributed by atoms with Gasteiger partial charge >= 0.3 is 0 Å². The third-order valence-electron chi connectivity index (χ3n) is 4.08. The van der Waals surface area contributed by atoms with Crippen LogP contribution in [0.2, 0.25) is 0 Å². The van der Waals surface area contributed by atoms with Gasteiger partial charge in [-0.3, -0.25) is 0 Å². The first kappa shape index (κ1) is 20.9. The molecule has 0 aromatic rings. The fourth-order valence-electron chi connectivity index (χ4n) is 2.63. The summed E-state index contributed by atoms with van der Waals surface area (Å²) in [5.41, 5.74) is 5.46. The number of unbranched alkanes of at least 4 members (excludes halogenated alkanes) is 10. The molecule has 4 N–H and O–H groups in total. The third kappa shape index (κ3) is 17.8. The topological polar surface area (TPSA) is 58.3 Å². The van der Waals surface area contributed by atoms with Gasteiger partial charge in [0.25, 0.3) is 0 Å². The number of rotatable bonds is 17. The number of aliphatic hydroxyl groups excluding tert-OH is 1. The Morgan fingerprint density at radius 3 is 2.05 bits per heavy atom. The minimum absolute atomic E-state index is 0.158. The fourth-order valence-corrected chi connectivity index (χ4v) is 2.63. The zero-order valence-corrected chi connectivity index (χ0v) is 14.4. The Kier molecular flexibility index (Phi) is 17.8. The predicted octanol–water partition coefficient (Wildman–Crippen LogP) is 3.99. The Labute approximate surface area is 133 Å². The highest BCUT2D eigenvalue weighted by Crippen LogP contribution is 2.10. The number of aliphatic hydroxyl groups is 1. The summed E-state index contributed by atoms with van der Waals surface area (Å²) in [5.74, 6) is 0. The first-order chi connectivity index (χ1) is 10.3. The smallest absolute Gasteiger partial charge is 0.0664 e. The number of hydrogen-bond acceptors (Lipinski definition) is 3. The van der Waals surface area contributed by atoms with Gasteiger partial charge in [0.2, 0.25) is 0 Å². The molecule has 0 fully saturated rings. The SMILES string of the molecule is CCCCCCCCCCC(O)CNCCCCCCN. The van der Waals surface area contributed by atoms with Crippen molar-refractivity contribution in [2.75, 3.05) is 19.6 Å². The molecule has 0 aromatic heterocycles. The molecule has 3 nitrogen and oxygen atoms in total. The lowest BCUT2D eigenvalue weighted by molar-refractivity contribution is 0.158. The van der Waals surface area contributed by atoms with Crippen molar-refractivity contribution in [2.45, 2.75) is 96.5 Å². The lowest BCUT2D eigenvalue weighted by Gasteiger charge is -2.11. The molecule has 0 rings (SSSR count). The number of nitrogens with one attached hydrogen (secondary N) is 1. The molecule has 0 bridgehead atoms. The first-order valence-electron chi connectivity index (χ1n) is 9.40. The minimum Gasteiger partial charge on any atom is -0.392 e. The van der Waals surface area contributed by atoms with Crippen LogP contribution in [0.4, 0.5) is 0 Å². The molecular formula is C18H40N2O. The average molecular weight is 301 g/mol. The maximum absolute atomic E-state index is 9.88. The molecule has 0 aromatic carbocycles. The van der Waals surface area contributed by atoms with Crippen LogP contribution in [0, 0.1) is 0 Å². The molecule has 0 aliphatic heterocycles. The van der Waals surface area contributed by atoms with Crippen molar-refractivity contribution in [3.8, 4) is 0 Å². The summed E-state index contributed by atoms with van der Waals surface area (Å²) < 4.78 is 0. The standard InChI is InChI=1S/C18H40N2O/c1-2-3-4-5-6-7-8-11-14-18(21)17-20-16-13-10-9-12-15-19/h18,20-21H,2-17,19H2,1H3. The normalized spacial score (nSPS) is 12.7. The highest BCUT2D eigenvalue weighted by Gasteiger charge is 2.02. The Bertz CT molecular complexity index is 188. The maximum atomic E-state index is 9.88. The van der Waals surface area contributed by atoms with Crippen molar-refractivity contribution in [3.05, 3.63) is 0 Å². The second-order valence-corrected chi connectivity index (χ2v) is 6.32. The summed E-state index contributed by atoms with van der Waals surface area (Å²) in [6.45, 7) is 4.85. The molecule has 0 aliphatic carbocycles. The van der Waals surface area contributed by atoms with Crippen molar-refractivity contribution in [1.82, 2.24) is 5.32 Å². The second kappa shape index (κ2) is 17.9. The van der Waals surface area contributed by atoms with Crippen LogP contribution < -0.4 is 11.1 Å². The summed E-state index contributed by atoms with van der Waals surface area (Å²) in [4.78, 5) is 0. The van der Waals surface area contributed by atoms with Gasteiger partial charge in [-0.05, 0) is 32.4 Å². The third-order valence-corrected chi connectivity index (χ3v) is 4.08. The van der Waals surface area contributed by atoms with Crippen molar-refractivity contribution < 1.29 is 5.11 Å². The van der Waals surface area contributed by atoms with Gasteiger partial charge in [0, 0.05) is 6.54 Å². The Morgan fingerprint density at radius 1 is 0.810 bits per heavy atom. The van der Waals surface area contributed by atoms with Crippen LogP contribution in [-0.4, -0.2) is 30.8 Å². The molecule has 0 saturated carbocycles. The van der Waals surface area contributed by atoms with E-state index >= 15 is 0 Å². The number of nitrogens with two attached hydrogens (primary N) is 1. The van der Waals surface area contributed by atoms with Crippen molar-refractivity contribution in [3.63, 3.8) is 0 Å². The van der Waals surface area contributed by atoms with E-state index in [1.165, 1.54) is 70.6 Å². The van der Waals surface area contributed by atoms with E-state index in [0.717, 1.165) is 32.5 Å². The van der Waals surface area contributed by atoms with Crippen LogP contribution in [0.25, 0.3) is 0 Å². The molecule has 0 saturated heterocycles. The molecule has 0 heterocycles. The molecule has 0 amide bonds. The van der Waals surface area contributed by atoms with Gasteiger partial charge in [-0.1, -0.05) is 71.1 Å². The largest absolute Gasteiger partial charge is 0.392 e. The van der Waals surface area contributed by atoms with Gasteiger partial charge < -0.3 is 16.2 Å². The van der Waals surface area contributed by atoms with Crippen LogP contribution >= 0.6 is 0 Å². The quantitative estimate of drug-likeness (QED) is 0.356. The summed E-state index contributed by atoms with van der Waals surface area (Å²) in [5, 5.41) is 13.2. The Hall–Kier alpha value is -0.120. The minimum atomic E-state index is -0.158. The number of hydrogen-bond donors (Lipinski definition) is 3. The monoisotopic (exact) mass is 300 g/mol. The lowest BCUT2D eigenvalue weighted by Crippen LogP contribution is -2.27. The Morgan fingerprint density at radius 2 is 1.38 bits per heavy atom. The van der Waals surface area contributed by atoms with Gasteiger partial charge in [0.1, 0.15) is 0 Å². The molecule has 1 unspecified atom stereocenters. The molecule has 128 valence electrons. The molecule has 1 atom stereocenters. The van der Waals surface area contributed by atoms with Crippen molar-refractivity contribution in [2.24, 2.45) is 5.73 Å². The van der Waals surface area contributed by atoms with Crippen LogP contribution in [-0.2, 0) is 0 Å². The van der Waals surface area contributed by atoms with Crippen LogP contribution in [0.5, 0.6) is 0 Å². The van der Waals surface area contributed by atoms with E-state index in [0.29, 0.717) is 0 Å². The zero-order chi connectivity index (χ0) is 15.6. The highest BCUT2D eigenvalue weighted by molar-refractivity contribution is 4.60. The average Bonchev–Trinajstić information content (AvgIpc) is 2.49.